The Labute approximate surface area is 29.4 Å². The van der Waals surface area contributed by atoms with Gasteiger partial charge in [-0.25, -0.2) is 4.39 Å². The summed E-state index contributed by atoms with van der Waals surface area (Å²) in [6, 6.07) is 0. The minimum atomic E-state index is -2.09. The highest BCUT2D eigenvalue weighted by atomic mass is 19.1. The highest BCUT2D eigenvalue weighted by Crippen LogP contribution is 1.72. The fourth-order valence-corrected chi connectivity index (χ4v) is 0. The second-order valence-corrected chi connectivity index (χ2v) is 0.502. The fraction of sp³-hybridized carbons (Fsp3) is 0.333. The molecule has 0 aromatic rings. The Hall–Kier alpha value is -0.550. The molecule has 0 aromatic heterocycles. The molecule has 1 N–H and O–H groups in total. The topological polar surface area (TPSA) is 20.2 Å². The summed E-state index contributed by atoms with van der Waals surface area (Å²) in [5, 5.41) is 7.46. The quantitative estimate of drug-likeness (QED) is 0.398. The molecule has 5 heavy (non-hydrogen) atoms. The minimum absolute atomic E-state index is 1.42. The number of hydrogen-bond acceptors (Lipinski definition) is 1. The number of terminal acetylenes is 1. The zero-order chi connectivity index (χ0) is 4.28. The molecule has 1 atom stereocenters. The third kappa shape index (κ3) is 3.45. The first-order chi connectivity index (χ1) is 2.27. The molecule has 0 aromatic carbocycles. The third-order valence-electron chi connectivity index (χ3n) is 0.138. The molecule has 0 rings (SSSR count). The van der Waals surface area contributed by atoms with Crippen molar-refractivity contribution >= 4 is 0 Å². The molecule has 0 heterocycles. The van der Waals surface area contributed by atoms with E-state index in [-0.39, 0.29) is 0 Å². The predicted octanol–water partition coefficient (Wildman–Crippen LogP) is -0.0925. The standard InChI is InChI=1S/C3H3FO/c1-2-3(4)5/h1,3,5H. The van der Waals surface area contributed by atoms with E-state index in [9.17, 15) is 4.39 Å². The molecule has 0 saturated carbocycles. The van der Waals surface area contributed by atoms with E-state index >= 15 is 0 Å². The van der Waals surface area contributed by atoms with E-state index in [1.807, 2.05) is 0 Å². The van der Waals surface area contributed by atoms with E-state index in [2.05, 4.69) is 6.42 Å². The Morgan fingerprint density at radius 1 is 2.00 bits per heavy atom. The first-order valence-electron chi connectivity index (χ1n) is 1.05. The van der Waals surface area contributed by atoms with Gasteiger partial charge in [-0.05, 0) is 5.92 Å². The Kier molecular flexibility index (Phi) is 1.55. The maximum atomic E-state index is 10.8. The molecule has 0 amide bonds. The molecule has 1 nitrogen and oxygen atoms in total. The van der Waals surface area contributed by atoms with E-state index in [4.69, 9.17) is 5.11 Å². The van der Waals surface area contributed by atoms with Crippen molar-refractivity contribution in [2.45, 2.75) is 6.36 Å². The van der Waals surface area contributed by atoms with Crippen LogP contribution in [0.2, 0.25) is 0 Å². The average Bonchev–Trinajstić information content (AvgIpc) is 1.38. The van der Waals surface area contributed by atoms with Gasteiger partial charge in [0.25, 0.3) is 6.36 Å². The van der Waals surface area contributed by atoms with Crippen molar-refractivity contribution in [3.8, 4) is 12.3 Å². The number of alkyl halides is 1. The number of rotatable bonds is 0. The number of halogens is 1. The molecule has 0 spiro atoms. The van der Waals surface area contributed by atoms with Gasteiger partial charge in [0.2, 0.25) is 0 Å². The molecule has 1 unspecified atom stereocenters. The predicted molar refractivity (Wildman–Crippen MR) is 15.9 cm³/mol. The summed E-state index contributed by atoms with van der Waals surface area (Å²) in [4.78, 5) is 0. The van der Waals surface area contributed by atoms with Crippen molar-refractivity contribution < 1.29 is 9.50 Å². The van der Waals surface area contributed by atoms with Gasteiger partial charge in [0.15, 0.2) is 0 Å². The van der Waals surface area contributed by atoms with Crippen LogP contribution >= 0.6 is 0 Å². The second kappa shape index (κ2) is 1.74. The van der Waals surface area contributed by atoms with E-state index in [0.717, 1.165) is 0 Å². The van der Waals surface area contributed by atoms with Crippen molar-refractivity contribution in [3.63, 3.8) is 0 Å². The molecule has 0 radical (unpaired) electrons. The van der Waals surface area contributed by atoms with Crippen molar-refractivity contribution in [3.05, 3.63) is 0 Å². The summed E-state index contributed by atoms with van der Waals surface area (Å²) in [6.07, 6.45) is 2.21. The molecule has 2 heteroatoms. The highest BCUT2D eigenvalue weighted by molar-refractivity contribution is 4.86. The summed E-state index contributed by atoms with van der Waals surface area (Å²) in [5.41, 5.74) is 0. The van der Waals surface area contributed by atoms with Crippen molar-refractivity contribution in [2.75, 3.05) is 0 Å². The first-order valence-corrected chi connectivity index (χ1v) is 1.05. The molecule has 0 aliphatic rings. The first kappa shape index (κ1) is 4.45. The minimum Gasteiger partial charge on any atom is -0.354 e. The van der Waals surface area contributed by atoms with Gasteiger partial charge in [0.1, 0.15) is 0 Å². The maximum absolute atomic E-state index is 10.8. The normalized spacial score (nSPS) is 13.0. The van der Waals surface area contributed by atoms with E-state index in [1.54, 1.807) is 0 Å². The zero-order valence-electron chi connectivity index (χ0n) is 2.48. The van der Waals surface area contributed by atoms with Crippen LogP contribution in [0.25, 0.3) is 0 Å². The van der Waals surface area contributed by atoms with Gasteiger partial charge in [-0.1, -0.05) is 0 Å². The van der Waals surface area contributed by atoms with Gasteiger partial charge >= 0.3 is 0 Å². The lowest BCUT2D eigenvalue weighted by atomic mass is 10.7. The lowest BCUT2D eigenvalue weighted by Gasteiger charge is -1.76. The van der Waals surface area contributed by atoms with E-state index < -0.39 is 6.36 Å². The highest BCUT2D eigenvalue weighted by Gasteiger charge is 1.81. The number of hydrogen-bond donors (Lipinski definition) is 1. The average molecular weight is 74.1 g/mol. The lowest BCUT2D eigenvalue weighted by Crippen LogP contribution is -1.87. The summed E-state index contributed by atoms with van der Waals surface area (Å²) < 4.78 is 10.8. The maximum Gasteiger partial charge on any atom is 0.259 e. The molecule has 0 fully saturated rings. The van der Waals surface area contributed by atoms with Crippen LogP contribution in [-0.2, 0) is 0 Å². The number of aliphatic hydroxyl groups is 1. The van der Waals surface area contributed by atoms with Gasteiger partial charge in [-0.3, -0.25) is 0 Å². The summed E-state index contributed by atoms with van der Waals surface area (Å²) in [7, 11) is 0. The molecular weight excluding hydrogens is 71.0 g/mol. The molecule has 0 aliphatic carbocycles. The molecule has 0 bridgehead atoms. The summed E-state index contributed by atoms with van der Waals surface area (Å²) in [6.45, 7) is 0. The fourth-order valence-electron chi connectivity index (χ4n) is 0. The monoisotopic (exact) mass is 74.0 g/mol. The third-order valence-corrected chi connectivity index (χ3v) is 0.138. The molecule has 28 valence electrons. The van der Waals surface area contributed by atoms with Crippen molar-refractivity contribution in [1.82, 2.24) is 0 Å². The van der Waals surface area contributed by atoms with Gasteiger partial charge in [0.05, 0.1) is 0 Å². The van der Waals surface area contributed by atoms with Crippen LogP contribution in [0.1, 0.15) is 0 Å². The van der Waals surface area contributed by atoms with Crippen LogP contribution in [0.3, 0.4) is 0 Å². The van der Waals surface area contributed by atoms with Crippen LogP contribution in [0, 0.1) is 12.3 Å². The van der Waals surface area contributed by atoms with Crippen LogP contribution < -0.4 is 0 Å². The Balaban J connectivity index is 2.94. The van der Waals surface area contributed by atoms with Gasteiger partial charge in [0, 0.05) is 0 Å². The van der Waals surface area contributed by atoms with Crippen LogP contribution in [-0.4, -0.2) is 11.5 Å². The van der Waals surface area contributed by atoms with E-state index in [1.165, 1.54) is 5.92 Å². The van der Waals surface area contributed by atoms with Crippen molar-refractivity contribution in [2.24, 2.45) is 0 Å². The summed E-state index contributed by atoms with van der Waals surface area (Å²) in [5.74, 6) is 1.42. The summed E-state index contributed by atoms with van der Waals surface area (Å²) >= 11 is 0. The largest absolute Gasteiger partial charge is 0.354 e. The Bertz CT molecular complexity index is 52.4. The zero-order valence-corrected chi connectivity index (χ0v) is 2.48. The van der Waals surface area contributed by atoms with Crippen LogP contribution in [0.4, 0.5) is 4.39 Å². The molecule has 0 aliphatic heterocycles. The second-order valence-electron chi connectivity index (χ2n) is 0.502. The van der Waals surface area contributed by atoms with E-state index in [0.29, 0.717) is 0 Å². The van der Waals surface area contributed by atoms with Gasteiger partial charge < -0.3 is 5.11 Å². The van der Waals surface area contributed by atoms with Crippen LogP contribution in [0.5, 0.6) is 0 Å². The SMILES string of the molecule is C#CC(O)F. The molecular formula is C3H3FO. The smallest absolute Gasteiger partial charge is 0.259 e. The lowest BCUT2D eigenvalue weighted by molar-refractivity contribution is 0.0977. The Morgan fingerprint density at radius 3 is 2.20 bits per heavy atom. The van der Waals surface area contributed by atoms with Crippen molar-refractivity contribution in [1.29, 1.82) is 0 Å². The Morgan fingerprint density at radius 2 is 2.20 bits per heavy atom. The number of aliphatic hydroxyl groups excluding tert-OH is 1. The van der Waals surface area contributed by atoms with Crippen LogP contribution in [0.15, 0.2) is 0 Å². The molecule has 0 saturated heterocycles. The van der Waals surface area contributed by atoms with Gasteiger partial charge in [-0.15, -0.1) is 6.42 Å². The van der Waals surface area contributed by atoms with Gasteiger partial charge in [-0.2, -0.15) is 0 Å².